The number of amides is 1. The van der Waals surface area contributed by atoms with Crippen LogP contribution in [0.4, 0.5) is 0 Å². The van der Waals surface area contributed by atoms with Gasteiger partial charge in [-0.2, -0.15) is 0 Å². The molecule has 1 N–H and O–H groups in total. The summed E-state index contributed by atoms with van der Waals surface area (Å²) in [5.74, 6) is 1.25. The fourth-order valence-corrected chi connectivity index (χ4v) is 3.84. The van der Waals surface area contributed by atoms with Gasteiger partial charge >= 0.3 is 0 Å². The van der Waals surface area contributed by atoms with Gasteiger partial charge in [0.15, 0.2) is 11.5 Å². The van der Waals surface area contributed by atoms with Gasteiger partial charge in [0.1, 0.15) is 0 Å². The summed E-state index contributed by atoms with van der Waals surface area (Å²) in [5.41, 5.74) is 4.50. The zero-order valence-electron chi connectivity index (χ0n) is 17.1. The summed E-state index contributed by atoms with van der Waals surface area (Å²) in [7, 11) is 4.63. The minimum Gasteiger partial charge on any atom is -0.493 e. The average molecular weight is 383 g/mol. The molecule has 0 saturated heterocycles. The smallest absolute Gasteiger partial charge is 0.252 e. The Balaban J connectivity index is 1.84. The van der Waals surface area contributed by atoms with E-state index < -0.39 is 0 Å². The molecule has 0 saturated carbocycles. The van der Waals surface area contributed by atoms with E-state index >= 15 is 0 Å². The fourth-order valence-electron chi connectivity index (χ4n) is 3.84. The van der Waals surface area contributed by atoms with Crippen molar-refractivity contribution in [1.29, 1.82) is 0 Å². The molecular weight excluding hydrogens is 354 g/mol. The number of carbonyl (C=O) groups excluding carboxylic acids is 1. The molecule has 0 radical (unpaired) electrons. The van der Waals surface area contributed by atoms with Gasteiger partial charge in [-0.15, -0.1) is 0 Å². The lowest BCUT2D eigenvalue weighted by Crippen LogP contribution is -2.28. The Bertz CT molecular complexity index is 821. The number of aryl methyl sites for hydroxylation is 2. The number of benzene rings is 2. The molecule has 0 heterocycles. The highest BCUT2D eigenvalue weighted by molar-refractivity contribution is 5.96. The highest BCUT2D eigenvalue weighted by Gasteiger charge is 2.20. The molecule has 1 aliphatic carbocycles. The summed E-state index contributed by atoms with van der Waals surface area (Å²) in [6.07, 6.45) is 5.60. The zero-order chi connectivity index (χ0) is 20.1. The molecule has 1 atom stereocenters. The third-order valence-electron chi connectivity index (χ3n) is 5.42. The number of ether oxygens (including phenoxy) is 3. The summed E-state index contributed by atoms with van der Waals surface area (Å²) in [6, 6.07) is 9.94. The molecule has 2 aromatic carbocycles. The second-order valence-corrected chi connectivity index (χ2v) is 7.08. The van der Waals surface area contributed by atoms with Gasteiger partial charge in [0, 0.05) is 5.56 Å². The highest BCUT2D eigenvalue weighted by atomic mass is 16.5. The topological polar surface area (TPSA) is 56.8 Å². The van der Waals surface area contributed by atoms with E-state index in [4.69, 9.17) is 14.2 Å². The maximum absolute atomic E-state index is 12.9. The monoisotopic (exact) mass is 383 g/mol. The van der Waals surface area contributed by atoms with Crippen LogP contribution in [-0.4, -0.2) is 27.2 Å². The summed E-state index contributed by atoms with van der Waals surface area (Å²) in [4.78, 5) is 12.9. The first-order valence-corrected chi connectivity index (χ1v) is 9.83. The van der Waals surface area contributed by atoms with Crippen LogP contribution in [0.3, 0.4) is 0 Å². The van der Waals surface area contributed by atoms with Gasteiger partial charge in [0.05, 0.1) is 27.4 Å². The van der Waals surface area contributed by atoms with E-state index in [0.717, 1.165) is 24.8 Å². The summed E-state index contributed by atoms with van der Waals surface area (Å²) >= 11 is 0. The van der Waals surface area contributed by atoms with Gasteiger partial charge in [0.2, 0.25) is 5.75 Å². The summed E-state index contributed by atoms with van der Waals surface area (Å²) in [6.45, 7) is 2.08. The number of hydrogen-bond acceptors (Lipinski definition) is 4. The normalized spacial score (nSPS) is 14.0. The minimum atomic E-state index is -0.163. The SMILES string of the molecule is CC[C@@H](NC(=O)c1cc(OC)c(OC)c(OC)c1)c1ccc2c(c1)CCCC2. The van der Waals surface area contributed by atoms with E-state index in [-0.39, 0.29) is 11.9 Å². The first kappa shape index (κ1) is 20.1. The van der Waals surface area contributed by atoms with Crippen LogP contribution in [0.15, 0.2) is 30.3 Å². The van der Waals surface area contributed by atoms with Crippen LogP contribution >= 0.6 is 0 Å². The Morgan fingerprint density at radius 3 is 2.18 bits per heavy atom. The van der Waals surface area contributed by atoms with Crippen molar-refractivity contribution in [3.05, 3.63) is 52.6 Å². The second kappa shape index (κ2) is 9.00. The molecule has 150 valence electrons. The molecule has 0 aliphatic heterocycles. The average Bonchev–Trinajstić information content (AvgIpc) is 2.75. The van der Waals surface area contributed by atoms with Crippen molar-refractivity contribution in [1.82, 2.24) is 5.32 Å². The van der Waals surface area contributed by atoms with Gasteiger partial charge in [-0.05, 0) is 60.9 Å². The third kappa shape index (κ3) is 4.08. The number of methoxy groups -OCH3 is 3. The molecule has 1 amide bonds. The number of carbonyl (C=O) groups is 1. The Morgan fingerprint density at radius 2 is 1.61 bits per heavy atom. The minimum absolute atomic E-state index is 0.0428. The molecule has 0 aromatic heterocycles. The van der Waals surface area contributed by atoms with E-state index in [0.29, 0.717) is 22.8 Å². The predicted molar refractivity (Wildman–Crippen MR) is 110 cm³/mol. The second-order valence-electron chi connectivity index (χ2n) is 7.08. The standard InChI is InChI=1S/C23H29NO4/c1-5-19(17-11-10-15-8-6-7-9-16(15)12-17)24-23(25)18-13-20(26-2)22(28-4)21(14-18)27-3/h10-14,19H,5-9H2,1-4H3,(H,24,25)/t19-/m1/s1. The lowest BCUT2D eigenvalue weighted by atomic mass is 9.88. The van der Waals surface area contributed by atoms with Crippen molar-refractivity contribution in [3.63, 3.8) is 0 Å². The maximum Gasteiger partial charge on any atom is 0.252 e. The van der Waals surface area contributed by atoms with Crippen molar-refractivity contribution in [2.45, 2.75) is 45.1 Å². The molecule has 2 aromatic rings. The molecule has 3 rings (SSSR count). The zero-order valence-corrected chi connectivity index (χ0v) is 17.1. The largest absolute Gasteiger partial charge is 0.493 e. The van der Waals surface area contributed by atoms with Crippen LogP contribution in [0, 0.1) is 0 Å². The predicted octanol–water partition coefficient (Wildman–Crippen LogP) is 4.47. The van der Waals surface area contributed by atoms with Gasteiger partial charge in [-0.3, -0.25) is 4.79 Å². The molecule has 5 heteroatoms. The quantitative estimate of drug-likeness (QED) is 0.766. The molecule has 0 fully saturated rings. The van der Waals surface area contributed by atoms with Crippen LogP contribution in [-0.2, 0) is 12.8 Å². The van der Waals surface area contributed by atoms with E-state index in [1.54, 1.807) is 33.5 Å². The Morgan fingerprint density at radius 1 is 0.964 bits per heavy atom. The Kier molecular flexibility index (Phi) is 6.45. The fraction of sp³-hybridized carbons (Fsp3) is 0.435. The molecule has 0 spiro atoms. The summed E-state index contributed by atoms with van der Waals surface area (Å²) < 4.78 is 16.1. The summed E-state index contributed by atoms with van der Waals surface area (Å²) in [5, 5.41) is 3.16. The van der Waals surface area contributed by atoms with E-state index in [1.807, 2.05) is 0 Å². The molecule has 28 heavy (non-hydrogen) atoms. The molecular formula is C23H29NO4. The van der Waals surface area contributed by atoms with Gasteiger partial charge < -0.3 is 19.5 Å². The maximum atomic E-state index is 12.9. The first-order valence-electron chi connectivity index (χ1n) is 9.83. The van der Waals surface area contributed by atoms with Crippen molar-refractivity contribution < 1.29 is 19.0 Å². The number of nitrogens with one attached hydrogen (secondary N) is 1. The Labute approximate surface area is 167 Å². The van der Waals surface area contributed by atoms with Gasteiger partial charge in [-0.1, -0.05) is 25.1 Å². The van der Waals surface area contributed by atoms with Crippen molar-refractivity contribution in [3.8, 4) is 17.2 Å². The number of rotatable bonds is 7. The lowest BCUT2D eigenvalue weighted by Gasteiger charge is -2.22. The third-order valence-corrected chi connectivity index (χ3v) is 5.42. The molecule has 0 unspecified atom stereocenters. The Hall–Kier alpha value is -2.69. The van der Waals surface area contributed by atoms with E-state index in [9.17, 15) is 4.79 Å². The van der Waals surface area contributed by atoms with Gasteiger partial charge in [-0.25, -0.2) is 0 Å². The molecule has 0 bridgehead atoms. The molecule has 1 aliphatic rings. The van der Waals surface area contributed by atoms with Crippen molar-refractivity contribution >= 4 is 5.91 Å². The lowest BCUT2D eigenvalue weighted by molar-refractivity contribution is 0.0934. The number of fused-ring (bicyclic) bond motifs is 1. The van der Waals surface area contributed by atoms with Crippen LogP contribution in [0.1, 0.15) is 59.3 Å². The molecule has 5 nitrogen and oxygen atoms in total. The van der Waals surface area contributed by atoms with E-state index in [1.165, 1.54) is 24.0 Å². The first-order chi connectivity index (χ1) is 13.6. The van der Waals surface area contributed by atoms with Crippen LogP contribution in [0.25, 0.3) is 0 Å². The van der Waals surface area contributed by atoms with Crippen molar-refractivity contribution in [2.75, 3.05) is 21.3 Å². The van der Waals surface area contributed by atoms with E-state index in [2.05, 4.69) is 30.4 Å². The highest BCUT2D eigenvalue weighted by Crippen LogP contribution is 2.38. The van der Waals surface area contributed by atoms with Crippen molar-refractivity contribution in [2.24, 2.45) is 0 Å². The van der Waals surface area contributed by atoms with Crippen LogP contribution in [0.5, 0.6) is 17.2 Å². The van der Waals surface area contributed by atoms with Crippen LogP contribution in [0.2, 0.25) is 0 Å². The number of hydrogen-bond donors (Lipinski definition) is 1. The van der Waals surface area contributed by atoms with Crippen LogP contribution < -0.4 is 19.5 Å². The van der Waals surface area contributed by atoms with Gasteiger partial charge in [0.25, 0.3) is 5.91 Å².